The monoisotopic (exact) mass is 233 g/mol. The fraction of sp³-hybridized carbons (Fsp3) is 0.429. The Balaban J connectivity index is 2.36. The predicted octanol–water partition coefficient (Wildman–Crippen LogP) is 2.97. The van der Waals surface area contributed by atoms with E-state index in [1.54, 1.807) is 13.4 Å². The minimum Gasteiger partial charge on any atom is -0.493 e. The molecule has 0 aliphatic carbocycles. The van der Waals surface area contributed by atoms with Gasteiger partial charge in [0.2, 0.25) is 0 Å². The molecule has 3 nitrogen and oxygen atoms in total. The Hall–Kier alpha value is -1.48. The Bertz CT molecular complexity index is 502. The van der Waals surface area contributed by atoms with Crippen LogP contribution < -0.4 is 10.5 Å². The average molecular weight is 233 g/mol. The van der Waals surface area contributed by atoms with Gasteiger partial charge in [-0.15, -0.1) is 0 Å². The smallest absolute Gasteiger partial charge is 0.175 e. The van der Waals surface area contributed by atoms with Gasteiger partial charge in [-0.1, -0.05) is 26.0 Å². The van der Waals surface area contributed by atoms with Gasteiger partial charge in [-0.3, -0.25) is 0 Å². The molecule has 17 heavy (non-hydrogen) atoms. The highest BCUT2D eigenvalue weighted by molar-refractivity contribution is 5.86. The zero-order chi connectivity index (χ0) is 12.4. The Labute approximate surface area is 102 Å². The molecule has 0 amide bonds. The molecule has 0 bridgehead atoms. The highest BCUT2D eigenvalue weighted by Crippen LogP contribution is 2.30. The zero-order valence-corrected chi connectivity index (χ0v) is 10.6. The average Bonchev–Trinajstić information content (AvgIpc) is 2.72. The second-order valence-electron chi connectivity index (χ2n) is 4.71. The lowest BCUT2D eigenvalue weighted by Gasteiger charge is -2.14. The maximum absolute atomic E-state index is 6.10. The molecule has 2 N–H and O–H groups in total. The van der Waals surface area contributed by atoms with Crippen LogP contribution in [0.15, 0.2) is 28.9 Å². The molecule has 0 fully saturated rings. The number of nitrogens with two attached hydrogens (primary N) is 1. The minimum absolute atomic E-state index is 0.155. The van der Waals surface area contributed by atoms with Gasteiger partial charge in [0.25, 0.3) is 0 Å². The predicted molar refractivity (Wildman–Crippen MR) is 69.3 cm³/mol. The summed E-state index contributed by atoms with van der Waals surface area (Å²) in [5, 5.41) is 1.10. The van der Waals surface area contributed by atoms with Gasteiger partial charge >= 0.3 is 0 Å². The molecule has 1 unspecified atom stereocenters. The van der Waals surface area contributed by atoms with E-state index in [-0.39, 0.29) is 6.04 Å². The number of methoxy groups -OCH3 is 1. The molecule has 0 radical (unpaired) electrons. The highest BCUT2D eigenvalue weighted by atomic mass is 16.5. The first kappa shape index (κ1) is 12.0. The van der Waals surface area contributed by atoms with Crippen LogP contribution in [-0.2, 0) is 6.42 Å². The summed E-state index contributed by atoms with van der Waals surface area (Å²) < 4.78 is 10.8. The van der Waals surface area contributed by atoms with Crippen LogP contribution in [0.3, 0.4) is 0 Å². The number of hydrogen-bond acceptors (Lipinski definition) is 3. The SMILES string of the molecule is COc1cccc2c(CC(N)C(C)C)coc12. The van der Waals surface area contributed by atoms with Gasteiger partial charge in [0.1, 0.15) is 0 Å². The van der Waals surface area contributed by atoms with Crippen LogP contribution in [-0.4, -0.2) is 13.2 Å². The number of para-hydroxylation sites is 1. The van der Waals surface area contributed by atoms with E-state index in [1.807, 2.05) is 18.2 Å². The van der Waals surface area contributed by atoms with Gasteiger partial charge < -0.3 is 14.9 Å². The van der Waals surface area contributed by atoms with E-state index in [0.717, 1.165) is 28.7 Å². The first-order valence-electron chi connectivity index (χ1n) is 5.92. The van der Waals surface area contributed by atoms with E-state index in [0.29, 0.717) is 5.92 Å². The molecule has 2 aromatic rings. The lowest BCUT2D eigenvalue weighted by molar-refractivity contribution is 0.410. The molecular formula is C14H19NO2. The minimum atomic E-state index is 0.155. The Kier molecular flexibility index (Phi) is 3.38. The number of ether oxygens (including phenoxy) is 1. The van der Waals surface area contributed by atoms with Crippen molar-refractivity contribution >= 4 is 11.0 Å². The second-order valence-corrected chi connectivity index (χ2v) is 4.71. The van der Waals surface area contributed by atoms with E-state index in [4.69, 9.17) is 14.9 Å². The summed E-state index contributed by atoms with van der Waals surface area (Å²) in [5.74, 6) is 1.23. The van der Waals surface area contributed by atoms with Crippen molar-refractivity contribution < 1.29 is 9.15 Å². The van der Waals surface area contributed by atoms with Crippen molar-refractivity contribution in [1.82, 2.24) is 0 Å². The highest BCUT2D eigenvalue weighted by Gasteiger charge is 2.14. The number of rotatable bonds is 4. The number of hydrogen-bond donors (Lipinski definition) is 1. The molecule has 0 saturated heterocycles. The molecule has 1 aromatic heterocycles. The fourth-order valence-electron chi connectivity index (χ4n) is 1.89. The molecule has 0 aliphatic rings. The first-order chi connectivity index (χ1) is 8.13. The quantitative estimate of drug-likeness (QED) is 0.883. The lowest BCUT2D eigenvalue weighted by Crippen LogP contribution is -2.28. The summed E-state index contributed by atoms with van der Waals surface area (Å²) in [7, 11) is 1.65. The van der Waals surface area contributed by atoms with Crippen molar-refractivity contribution in [2.24, 2.45) is 11.7 Å². The van der Waals surface area contributed by atoms with Gasteiger partial charge in [-0.2, -0.15) is 0 Å². The first-order valence-corrected chi connectivity index (χ1v) is 5.92. The van der Waals surface area contributed by atoms with Gasteiger partial charge in [0.15, 0.2) is 11.3 Å². The molecule has 1 heterocycles. The van der Waals surface area contributed by atoms with Crippen LogP contribution in [0, 0.1) is 5.92 Å². The summed E-state index contributed by atoms with van der Waals surface area (Å²) in [4.78, 5) is 0. The molecule has 2 rings (SSSR count). The molecular weight excluding hydrogens is 214 g/mol. The zero-order valence-electron chi connectivity index (χ0n) is 10.6. The van der Waals surface area contributed by atoms with Crippen LogP contribution in [0.5, 0.6) is 5.75 Å². The Morgan fingerprint density at radius 3 is 2.76 bits per heavy atom. The van der Waals surface area contributed by atoms with E-state index in [2.05, 4.69) is 13.8 Å². The molecule has 3 heteroatoms. The Morgan fingerprint density at radius 1 is 1.35 bits per heavy atom. The standard InChI is InChI=1S/C14H19NO2/c1-9(2)12(15)7-10-8-17-14-11(10)5-4-6-13(14)16-3/h4-6,8-9,12H,7,15H2,1-3H3. The summed E-state index contributed by atoms with van der Waals surface area (Å²) in [5.41, 5.74) is 8.06. The number of benzene rings is 1. The van der Waals surface area contributed by atoms with Crippen LogP contribution in [0.2, 0.25) is 0 Å². The van der Waals surface area contributed by atoms with Gasteiger partial charge in [-0.25, -0.2) is 0 Å². The summed E-state index contributed by atoms with van der Waals surface area (Å²) in [6.07, 6.45) is 2.62. The fourth-order valence-corrected chi connectivity index (χ4v) is 1.89. The number of furan rings is 1. The largest absolute Gasteiger partial charge is 0.493 e. The van der Waals surface area contributed by atoms with E-state index in [1.165, 1.54) is 0 Å². The molecule has 0 aliphatic heterocycles. The van der Waals surface area contributed by atoms with Crippen LogP contribution in [0.25, 0.3) is 11.0 Å². The summed E-state index contributed by atoms with van der Waals surface area (Å²) >= 11 is 0. The van der Waals surface area contributed by atoms with Gasteiger partial charge in [-0.05, 0) is 24.0 Å². The number of fused-ring (bicyclic) bond motifs is 1. The van der Waals surface area contributed by atoms with Crippen molar-refractivity contribution in [1.29, 1.82) is 0 Å². The maximum atomic E-state index is 6.10. The normalized spacial score (nSPS) is 13.2. The molecule has 0 saturated carbocycles. The summed E-state index contributed by atoms with van der Waals surface area (Å²) in [6.45, 7) is 4.26. The third kappa shape index (κ3) is 2.29. The van der Waals surface area contributed by atoms with E-state index >= 15 is 0 Å². The van der Waals surface area contributed by atoms with E-state index in [9.17, 15) is 0 Å². The van der Waals surface area contributed by atoms with E-state index < -0.39 is 0 Å². The molecule has 1 aromatic carbocycles. The van der Waals surface area contributed by atoms with Crippen molar-refractivity contribution in [3.63, 3.8) is 0 Å². The summed E-state index contributed by atoms with van der Waals surface area (Å²) in [6, 6.07) is 6.07. The third-order valence-electron chi connectivity index (χ3n) is 3.18. The van der Waals surface area contributed by atoms with Crippen LogP contribution in [0.1, 0.15) is 19.4 Å². The van der Waals surface area contributed by atoms with Crippen molar-refractivity contribution in [3.8, 4) is 5.75 Å². The molecule has 1 atom stereocenters. The topological polar surface area (TPSA) is 48.4 Å². The van der Waals surface area contributed by atoms with Crippen LogP contribution >= 0.6 is 0 Å². The van der Waals surface area contributed by atoms with Crippen molar-refractivity contribution in [3.05, 3.63) is 30.0 Å². The Morgan fingerprint density at radius 2 is 2.12 bits per heavy atom. The maximum Gasteiger partial charge on any atom is 0.175 e. The van der Waals surface area contributed by atoms with Crippen molar-refractivity contribution in [2.75, 3.05) is 7.11 Å². The second kappa shape index (κ2) is 4.80. The molecule has 0 spiro atoms. The molecule has 92 valence electrons. The van der Waals surface area contributed by atoms with Crippen molar-refractivity contribution in [2.45, 2.75) is 26.3 Å². The van der Waals surface area contributed by atoms with Crippen LogP contribution in [0.4, 0.5) is 0 Å². The third-order valence-corrected chi connectivity index (χ3v) is 3.18. The van der Waals surface area contributed by atoms with Gasteiger partial charge in [0, 0.05) is 11.4 Å². The van der Waals surface area contributed by atoms with Gasteiger partial charge in [0.05, 0.1) is 13.4 Å². The lowest BCUT2D eigenvalue weighted by atomic mass is 9.97.